The molecule has 1 amide bonds. The fourth-order valence-corrected chi connectivity index (χ4v) is 3.08. The van der Waals surface area contributed by atoms with Gasteiger partial charge in [0.2, 0.25) is 17.1 Å². The summed E-state index contributed by atoms with van der Waals surface area (Å²) in [4.78, 5) is 37.0. The molecule has 1 aliphatic rings. The average Bonchev–Trinajstić information content (AvgIpc) is 2.79. The maximum absolute atomic E-state index is 12.9. The van der Waals surface area contributed by atoms with Crippen LogP contribution in [0.1, 0.15) is 16.1 Å². The van der Waals surface area contributed by atoms with Crippen LogP contribution < -0.4 is 15.1 Å². The number of hydrogen-bond acceptors (Lipinski definition) is 7. The number of halogens is 1. The number of benzene rings is 1. The van der Waals surface area contributed by atoms with Gasteiger partial charge in [0.25, 0.3) is 5.91 Å². The maximum atomic E-state index is 12.9. The first-order valence-electron chi connectivity index (χ1n) is 9.41. The Hall–Kier alpha value is -3.75. The summed E-state index contributed by atoms with van der Waals surface area (Å²) in [5, 5.41) is 0. The summed E-state index contributed by atoms with van der Waals surface area (Å²) in [6, 6.07) is 8.64. The molecule has 1 aliphatic heterocycles. The van der Waals surface area contributed by atoms with Gasteiger partial charge in [-0.15, -0.1) is 0 Å². The Morgan fingerprint density at radius 3 is 2.47 bits per heavy atom. The van der Waals surface area contributed by atoms with Gasteiger partial charge >= 0.3 is 0 Å². The van der Waals surface area contributed by atoms with Gasteiger partial charge in [0.15, 0.2) is 5.76 Å². The molecule has 2 aromatic heterocycles. The van der Waals surface area contributed by atoms with Crippen molar-refractivity contribution in [2.75, 3.05) is 31.1 Å². The number of hydrogen-bond donors (Lipinski definition) is 0. The maximum Gasteiger partial charge on any atom is 0.289 e. The van der Waals surface area contributed by atoms with Gasteiger partial charge in [0.1, 0.15) is 18.7 Å². The fourth-order valence-electron chi connectivity index (χ4n) is 3.08. The molecule has 8 nitrogen and oxygen atoms in total. The van der Waals surface area contributed by atoms with Crippen LogP contribution in [-0.2, 0) is 6.61 Å². The van der Waals surface area contributed by atoms with Crippen molar-refractivity contribution in [2.45, 2.75) is 6.61 Å². The summed E-state index contributed by atoms with van der Waals surface area (Å²) in [5.74, 6) is -0.136. The molecule has 1 saturated heterocycles. The second kappa shape index (κ2) is 8.73. The lowest BCUT2D eigenvalue weighted by Crippen LogP contribution is -2.49. The van der Waals surface area contributed by atoms with E-state index in [4.69, 9.17) is 9.15 Å². The highest BCUT2D eigenvalue weighted by Gasteiger charge is 2.25. The third-order valence-electron chi connectivity index (χ3n) is 4.72. The largest absolute Gasteiger partial charge is 0.482 e. The van der Waals surface area contributed by atoms with E-state index in [9.17, 15) is 14.0 Å². The van der Waals surface area contributed by atoms with Gasteiger partial charge in [0, 0.05) is 44.6 Å². The number of amides is 1. The summed E-state index contributed by atoms with van der Waals surface area (Å²) in [6.07, 6.45) is 4.48. The molecule has 1 aromatic carbocycles. The van der Waals surface area contributed by atoms with Crippen molar-refractivity contribution >= 4 is 11.9 Å². The van der Waals surface area contributed by atoms with E-state index in [0.717, 1.165) is 12.3 Å². The van der Waals surface area contributed by atoms with Gasteiger partial charge in [-0.1, -0.05) is 12.1 Å². The molecule has 3 aromatic rings. The zero-order valence-corrected chi connectivity index (χ0v) is 16.0. The zero-order chi connectivity index (χ0) is 20.9. The topological polar surface area (TPSA) is 88.8 Å². The number of carbonyl (C=O) groups is 1. The average molecular weight is 410 g/mol. The summed E-state index contributed by atoms with van der Waals surface area (Å²) < 4.78 is 23.7. The number of ether oxygens (including phenoxy) is 1. The molecule has 9 heteroatoms. The highest BCUT2D eigenvalue weighted by molar-refractivity contribution is 5.91. The van der Waals surface area contributed by atoms with Gasteiger partial charge in [-0.2, -0.15) is 0 Å². The minimum Gasteiger partial charge on any atom is -0.482 e. The van der Waals surface area contributed by atoms with Crippen LogP contribution in [0.25, 0.3) is 0 Å². The molecule has 30 heavy (non-hydrogen) atoms. The molecule has 0 N–H and O–H groups in total. The molecule has 0 saturated carbocycles. The van der Waals surface area contributed by atoms with Crippen molar-refractivity contribution in [1.82, 2.24) is 14.9 Å². The predicted octanol–water partition coefficient (Wildman–Crippen LogP) is 2.11. The highest BCUT2D eigenvalue weighted by Crippen LogP contribution is 2.14. The van der Waals surface area contributed by atoms with Crippen LogP contribution in [0.3, 0.4) is 0 Å². The van der Waals surface area contributed by atoms with E-state index in [1.54, 1.807) is 35.5 Å². The number of nitrogens with zero attached hydrogens (tertiary/aromatic N) is 4. The SMILES string of the molecule is O=C(c1cc(=O)c(OCc2ccc(F)cc2)co1)N1CCN(c2ncccn2)CC1. The minimum absolute atomic E-state index is 0.0121. The third-order valence-corrected chi connectivity index (χ3v) is 4.72. The van der Waals surface area contributed by atoms with Crippen LogP contribution in [0.5, 0.6) is 5.75 Å². The summed E-state index contributed by atoms with van der Waals surface area (Å²) in [6.45, 7) is 2.17. The second-order valence-corrected chi connectivity index (χ2v) is 6.72. The van der Waals surface area contributed by atoms with E-state index in [1.807, 2.05) is 4.90 Å². The van der Waals surface area contributed by atoms with Crippen LogP contribution >= 0.6 is 0 Å². The van der Waals surface area contributed by atoms with Gasteiger partial charge in [-0.05, 0) is 23.8 Å². The molecule has 3 heterocycles. The van der Waals surface area contributed by atoms with Crippen molar-refractivity contribution in [2.24, 2.45) is 0 Å². The molecule has 0 spiro atoms. The van der Waals surface area contributed by atoms with E-state index in [0.29, 0.717) is 37.7 Å². The van der Waals surface area contributed by atoms with E-state index < -0.39 is 5.43 Å². The molecule has 0 bridgehead atoms. The van der Waals surface area contributed by atoms with Gasteiger partial charge in [-0.3, -0.25) is 9.59 Å². The van der Waals surface area contributed by atoms with Crippen molar-refractivity contribution < 1.29 is 18.3 Å². The third kappa shape index (κ3) is 4.45. The normalized spacial score (nSPS) is 13.9. The Balaban J connectivity index is 1.36. The van der Waals surface area contributed by atoms with Crippen LogP contribution in [0.15, 0.2) is 64.3 Å². The van der Waals surface area contributed by atoms with Crippen molar-refractivity contribution in [1.29, 1.82) is 0 Å². The zero-order valence-electron chi connectivity index (χ0n) is 16.0. The molecule has 0 radical (unpaired) electrons. The first kappa shape index (κ1) is 19.6. The Kier molecular flexibility index (Phi) is 5.69. The lowest BCUT2D eigenvalue weighted by atomic mass is 10.2. The molecule has 1 fully saturated rings. The number of aromatic nitrogens is 2. The van der Waals surface area contributed by atoms with Crippen LogP contribution in [-0.4, -0.2) is 47.0 Å². The van der Waals surface area contributed by atoms with Gasteiger partial charge in [0.05, 0.1) is 0 Å². The quantitative estimate of drug-likeness (QED) is 0.636. The van der Waals surface area contributed by atoms with Gasteiger partial charge < -0.3 is 19.0 Å². The summed E-state index contributed by atoms with van der Waals surface area (Å²) in [7, 11) is 0. The fraction of sp³-hybridized carbons (Fsp3) is 0.238. The summed E-state index contributed by atoms with van der Waals surface area (Å²) >= 11 is 0. The lowest BCUT2D eigenvalue weighted by molar-refractivity contribution is 0.0710. The van der Waals surface area contributed by atoms with Crippen molar-refractivity contribution in [3.63, 3.8) is 0 Å². The Bertz CT molecular complexity index is 1060. The van der Waals surface area contributed by atoms with Crippen LogP contribution in [0, 0.1) is 5.82 Å². The van der Waals surface area contributed by atoms with E-state index in [2.05, 4.69) is 9.97 Å². The summed E-state index contributed by atoms with van der Waals surface area (Å²) in [5.41, 5.74) is 0.249. The molecule has 4 rings (SSSR count). The van der Waals surface area contributed by atoms with Crippen LogP contribution in [0.2, 0.25) is 0 Å². The molecular weight excluding hydrogens is 391 g/mol. The van der Waals surface area contributed by atoms with E-state index in [1.165, 1.54) is 12.1 Å². The first-order chi connectivity index (χ1) is 14.6. The van der Waals surface area contributed by atoms with E-state index >= 15 is 0 Å². The highest BCUT2D eigenvalue weighted by atomic mass is 19.1. The van der Waals surface area contributed by atoms with Gasteiger partial charge in [-0.25, -0.2) is 14.4 Å². The number of rotatable bonds is 5. The smallest absolute Gasteiger partial charge is 0.289 e. The lowest BCUT2D eigenvalue weighted by Gasteiger charge is -2.34. The minimum atomic E-state index is -0.456. The molecular formula is C21H19FN4O4. The second-order valence-electron chi connectivity index (χ2n) is 6.72. The van der Waals surface area contributed by atoms with Crippen molar-refractivity contribution in [3.05, 3.63) is 82.4 Å². The predicted molar refractivity (Wildman–Crippen MR) is 106 cm³/mol. The standard InChI is InChI=1S/C21H19FN4O4/c22-16-4-2-15(3-5-16)13-29-19-14-30-18(12-17(19)27)20(28)25-8-10-26(11-9-25)21-23-6-1-7-24-21/h1-7,12,14H,8-11,13H2. The Labute approximate surface area is 171 Å². The monoisotopic (exact) mass is 410 g/mol. The molecule has 0 atom stereocenters. The number of carbonyl (C=O) groups excluding carboxylic acids is 1. The molecule has 154 valence electrons. The van der Waals surface area contributed by atoms with Crippen LogP contribution in [0.4, 0.5) is 10.3 Å². The number of anilines is 1. The Morgan fingerprint density at radius 1 is 1.10 bits per heavy atom. The molecule has 0 unspecified atom stereocenters. The first-order valence-corrected chi connectivity index (χ1v) is 9.41. The van der Waals surface area contributed by atoms with E-state index in [-0.39, 0.29) is 29.8 Å². The number of piperazine rings is 1. The Morgan fingerprint density at radius 2 is 1.80 bits per heavy atom. The van der Waals surface area contributed by atoms with Crippen molar-refractivity contribution in [3.8, 4) is 5.75 Å². The molecule has 0 aliphatic carbocycles.